The molecule has 1 aromatic carbocycles. The molecule has 8 nitrogen and oxygen atoms in total. The molecule has 0 fully saturated rings. The molecule has 0 aliphatic carbocycles. The van der Waals surface area contributed by atoms with Gasteiger partial charge < -0.3 is 4.57 Å². The molecule has 1 amide bonds. The summed E-state index contributed by atoms with van der Waals surface area (Å²) >= 11 is 2.69. The van der Waals surface area contributed by atoms with Gasteiger partial charge in [-0.25, -0.2) is 0 Å². The fraction of sp³-hybridized carbons (Fsp3) is 0.200. The van der Waals surface area contributed by atoms with Crippen LogP contribution < -0.4 is 5.32 Å². The summed E-state index contributed by atoms with van der Waals surface area (Å²) in [6.45, 7) is 4.75. The molecule has 0 saturated carbocycles. The molecule has 0 atom stereocenters. The number of carbonyl (C=O) groups excluding carboxylic acids is 1. The first kappa shape index (κ1) is 20.2. The Hall–Kier alpha value is -3.11. The third kappa shape index (κ3) is 4.55. The molecule has 30 heavy (non-hydrogen) atoms. The van der Waals surface area contributed by atoms with Crippen molar-refractivity contribution in [3.05, 3.63) is 54.4 Å². The number of aryl methyl sites for hydroxylation is 1. The molecule has 10 heteroatoms. The fourth-order valence-electron chi connectivity index (χ4n) is 2.77. The van der Waals surface area contributed by atoms with Crippen LogP contribution in [0.25, 0.3) is 22.0 Å². The van der Waals surface area contributed by atoms with Crippen LogP contribution in [-0.4, -0.2) is 41.6 Å². The maximum Gasteiger partial charge on any atom is 0.236 e. The standard InChI is InChI=1S/C20H19N7OS2/c1-3-27-17(14-8-10-21-11-9-14)23-26-20(27)29-12-16(28)22-19-25-24-18(30-19)15-6-4-13(2)5-7-15/h4-11H,3,12H2,1-2H3,(H,22,25,28). The topological polar surface area (TPSA) is 98.5 Å². The molecule has 0 aliphatic heterocycles. The van der Waals surface area contributed by atoms with Crippen LogP contribution in [0.1, 0.15) is 12.5 Å². The maximum atomic E-state index is 12.4. The van der Waals surface area contributed by atoms with E-state index in [-0.39, 0.29) is 11.7 Å². The lowest BCUT2D eigenvalue weighted by Gasteiger charge is -2.07. The highest BCUT2D eigenvalue weighted by Crippen LogP contribution is 2.27. The largest absolute Gasteiger partial charge is 0.302 e. The molecule has 1 N–H and O–H groups in total. The van der Waals surface area contributed by atoms with E-state index in [4.69, 9.17) is 0 Å². The van der Waals surface area contributed by atoms with Crippen LogP contribution in [0.5, 0.6) is 0 Å². The average molecular weight is 438 g/mol. The number of nitrogens with one attached hydrogen (secondary N) is 1. The second-order valence-corrected chi connectivity index (χ2v) is 8.32. The molecule has 0 bridgehead atoms. The number of rotatable bonds is 7. The molecule has 4 rings (SSSR count). The van der Waals surface area contributed by atoms with Crippen LogP contribution in [0.3, 0.4) is 0 Å². The summed E-state index contributed by atoms with van der Waals surface area (Å²) in [4.78, 5) is 16.4. The van der Waals surface area contributed by atoms with Crippen molar-refractivity contribution in [3.8, 4) is 22.0 Å². The number of pyridine rings is 1. The van der Waals surface area contributed by atoms with Gasteiger partial charge in [0.1, 0.15) is 5.01 Å². The van der Waals surface area contributed by atoms with Crippen LogP contribution in [0.15, 0.2) is 53.9 Å². The number of aromatic nitrogens is 6. The third-order valence-electron chi connectivity index (χ3n) is 4.27. The van der Waals surface area contributed by atoms with Crippen LogP contribution in [0.2, 0.25) is 0 Å². The maximum absolute atomic E-state index is 12.4. The van der Waals surface area contributed by atoms with E-state index in [0.717, 1.165) is 22.0 Å². The van der Waals surface area contributed by atoms with Gasteiger partial charge in [-0.3, -0.25) is 15.1 Å². The summed E-state index contributed by atoms with van der Waals surface area (Å²) < 4.78 is 1.98. The van der Waals surface area contributed by atoms with E-state index < -0.39 is 0 Å². The zero-order valence-electron chi connectivity index (χ0n) is 16.4. The zero-order chi connectivity index (χ0) is 20.9. The smallest absolute Gasteiger partial charge is 0.236 e. The number of amides is 1. The average Bonchev–Trinajstić information content (AvgIpc) is 3.40. The lowest BCUT2D eigenvalue weighted by Crippen LogP contribution is -2.14. The molecule has 4 aromatic rings. The molecule has 0 aliphatic rings. The molecule has 0 radical (unpaired) electrons. The van der Waals surface area contributed by atoms with Gasteiger partial charge in [0, 0.05) is 30.1 Å². The number of thioether (sulfide) groups is 1. The van der Waals surface area contributed by atoms with Gasteiger partial charge in [0.25, 0.3) is 0 Å². The van der Waals surface area contributed by atoms with Crippen molar-refractivity contribution in [1.82, 2.24) is 29.9 Å². The Kier molecular flexibility index (Phi) is 6.15. The van der Waals surface area contributed by atoms with Crippen molar-refractivity contribution < 1.29 is 4.79 Å². The van der Waals surface area contributed by atoms with Crippen molar-refractivity contribution in [2.75, 3.05) is 11.1 Å². The zero-order valence-corrected chi connectivity index (χ0v) is 18.1. The van der Waals surface area contributed by atoms with E-state index in [1.54, 1.807) is 12.4 Å². The van der Waals surface area contributed by atoms with E-state index in [9.17, 15) is 4.79 Å². The number of hydrogen-bond acceptors (Lipinski definition) is 8. The Morgan fingerprint density at radius 1 is 1.03 bits per heavy atom. The van der Waals surface area contributed by atoms with Gasteiger partial charge in [-0.1, -0.05) is 52.9 Å². The van der Waals surface area contributed by atoms with Gasteiger partial charge in [-0.15, -0.1) is 20.4 Å². The Balaban J connectivity index is 1.39. The number of carbonyl (C=O) groups is 1. The summed E-state index contributed by atoms with van der Waals surface area (Å²) in [5, 5.41) is 21.5. The minimum absolute atomic E-state index is 0.164. The van der Waals surface area contributed by atoms with Gasteiger partial charge in [0.15, 0.2) is 11.0 Å². The first-order valence-electron chi connectivity index (χ1n) is 9.31. The van der Waals surface area contributed by atoms with Gasteiger partial charge >= 0.3 is 0 Å². The third-order valence-corrected chi connectivity index (χ3v) is 6.13. The summed E-state index contributed by atoms with van der Waals surface area (Å²) in [6.07, 6.45) is 3.44. The fourth-order valence-corrected chi connectivity index (χ4v) is 4.33. The van der Waals surface area contributed by atoms with Crippen LogP contribution >= 0.6 is 23.1 Å². The highest BCUT2D eigenvalue weighted by atomic mass is 32.2. The normalized spacial score (nSPS) is 10.9. The summed E-state index contributed by atoms with van der Waals surface area (Å²) in [6, 6.07) is 11.8. The van der Waals surface area contributed by atoms with E-state index >= 15 is 0 Å². The second kappa shape index (κ2) is 9.14. The minimum Gasteiger partial charge on any atom is -0.302 e. The Bertz CT molecular complexity index is 1140. The Labute approximate surface area is 181 Å². The van der Waals surface area contributed by atoms with Crippen molar-refractivity contribution in [3.63, 3.8) is 0 Å². The van der Waals surface area contributed by atoms with E-state index in [2.05, 4.69) is 30.7 Å². The molecule has 3 heterocycles. The van der Waals surface area contributed by atoms with Gasteiger partial charge in [-0.05, 0) is 26.0 Å². The van der Waals surface area contributed by atoms with Gasteiger partial charge in [0.05, 0.1) is 5.75 Å². The SMILES string of the molecule is CCn1c(SCC(=O)Nc2nnc(-c3ccc(C)cc3)s2)nnc1-c1ccncc1. The minimum atomic E-state index is -0.164. The predicted molar refractivity (Wildman–Crippen MR) is 118 cm³/mol. The van der Waals surface area contributed by atoms with Crippen LogP contribution in [0.4, 0.5) is 5.13 Å². The first-order valence-corrected chi connectivity index (χ1v) is 11.1. The monoisotopic (exact) mass is 437 g/mol. The quantitative estimate of drug-likeness (QED) is 0.438. The number of nitrogens with zero attached hydrogens (tertiary/aromatic N) is 6. The van der Waals surface area contributed by atoms with Gasteiger partial charge in [-0.2, -0.15) is 0 Å². The summed E-state index contributed by atoms with van der Waals surface area (Å²) in [5.41, 5.74) is 3.10. The number of anilines is 1. The molecule has 152 valence electrons. The Morgan fingerprint density at radius 2 is 1.80 bits per heavy atom. The molecular weight excluding hydrogens is 418 g/mol. The van der Waals surface area contributed by atoms with E-state index in [1.807, 2.05) is 54.8 Å². The molecular formula is C20H19N7OS2. The first-order chi connectivity index (χ1) is 14.6. The van der Waals surface area contributed by atoms with Gasteiger partial charge in [0.2, 0.25) is 11.0 Å². The van der Waals surface area contributed by atoms with Crippen molar-refractivity contribution in [1.29, 1.82) is 0 Å². The highest BCUT2D eigenvalue weighted by molar-refractivity contribution is 7.99. The van der Waals surface area contributed by atoms with E-state index in [0.29, 0.717) is 16.8 Å². The molecule has 0 unspecified atom stereocenters. The predicted octanol–water partition coefficient (Wildman–Crippen LogP) is 3.92. The molecule has 0 spiro atoms. The number of benzene rings is 1. The lowest BCUT2D eigenvalue weighted by molar-refractivity contribution is -0.113. The summed E-state index contributed by atoms with van der Waals surface area (Å²) in [5.74, 6) is 0.797. The van der Waals surface area contributed by atoms with Crippen LogP contribution in [0, 0.1) is 6.92 Å². The highest BCUT2D eigenvalue weighted by Gasteiger charge is 2.15. The molecule has 0 saturated heterocycles. The lowest BCUT2D eigenvalue weighted by atomic mass is 10.2. The Morgan fingerprint density at radius 3 is 2.53 bits per heavy atom. The van der Waals surface area contributed by atoms with Crippen LogP contribution in [-0.2, 0) is 11.3 Å². The van der Waals surface area contributed by atoms with Crippen molar-refractivity contribution in [2.45, 2.75) is 25.5 Å². The second-order valence-electron chi connectivity index (χ2n) is 6.40. The number of hydrogen-bond donors (Lipinski definition) is 1. The van der Waals surface area contributed by atoms with E-state index in [1.165, 1.54) is 28.7 Å². The molecule has 3 aromatic heterocycles. The summed E-state index contributed by atoms with van der Waals surface area (Å²) in [7, 11) is 0. The van der Waals surface area contributed by atoms with Crippen molar-refractivity contribution in [2.24, 2.45) is 0 Å². The van der Waals surface area contributed by atoms with Crippen molar-refractivity contribution >= 4 is 34.1 Å².